The average Bonchev–Trinajstić information content (AvgIpc) is 2.62. The maximum Gasteiger partial charge on any atom is 0.410 e. The van der Waals surface area contributed by atoms with E-state index in [0.29, 0.717) is 0 Å². The third kappa shape index (κ3) is 2.76. The van der Waals surface area contributed by atoms with Crippen LogP contribution in [0.4, 0.5) is 5.82 Å². The Morgan fingerprint density at radius 1 is 1.72 bits per heavy atom. The normalized spacial score (nSPS) is 13.2. The number of amides is 1. The van der Waals surface area contributed by atoms with Crippen molar-refractivity contribution in [2.24, 2.45) is 5.73 Å². The van der Waals surface area contributed by atoms with E-state index < -0.39 is 36.6 Å². The van der Waals surface area contributed by atoms with Gasteiger partial charge in [0.1, 0.15) is 0 Å². The molecule has 2 N–H and O–H groups in total. The van der Waals surface area contributed by atoms with E-state index in [0.717, 1.165) is 10.9 Å². The number of nitro groups is 1. The van der Waals surface area contributed by atoms with E-state index in [1.165, 1.54) is 0 Å². The van der Waals surface area contributed by atoms with Gasteiger partial charge in [0.15, 0.2) is 6.04 Å². The lowest BCUT2D eigenvalue weighted by Gasteiger charge is -2.06. The van der Waals surface area contributed by atoms with Crippen molar-refractivity contribution in [3.63, 3.8) is 0 Å². The molecule has 1 aromatic rings. The van der Waals surface area contributed by atoms with Gasteiger partial charge in [0.05, 0.1) is 11.3 Å². The third-order valence-electron chi connectivity index (χ3n) is 2.15. The van der Waals surface area contributed by atoms with Gasteiger partial charge in [-0.25, -0.2) is 8.42 Å². The second-order valence-corrected chi connectivity index (χ2v) is 5.85. The lowest BCUT2D eigenvalue weighted by atomic mass is 10.2. The standard InChI is InChI=1S/C7H9ClN4O5S/c1-2-4(6(9)13)11-3-5(18(8,16)17)7(10-11)12(14)15/h3-4H,2H2,1H3,(H2,9,13). The molecule has 1 aromatic heterocycles. The second-order valence-electron chi connectivity index (χ2n) is 3.32. The summed E-state index contributed by atoms with van der Waals surface area (Å²) in [5.41, 5.74) is 5.07. The average molecular weight is 297 g/mol. The van der Waals surface area contributed by atoms with Gasteiger partial charge < -0.3 is 15.8 Å². The summed E-state index contributed by atoms with van der Waals surface area (Å²) in [7, 11) is 0.717. The minimum atomic E-state index is -4.33. The highest BCUT2D eigenvalue weighted by molar-refractivity contribution is 8.13. The van der Waals surface area contributed by atoms with Gasteiger partial charge in [-0.2, -0.15) is 4.68 Å². The van der Waals surface area contributed by atoms with Crippen LogP contribution in [-0.2, 0) is 13.8 Å². The quantitative estimate of drug-likeness (QED) is 0.466. The molecule has 0 bridgehead atoms. The Morgan fingerprint density at radius 3 is 2.56 bits per heavy atom. The summed E-state index contributed by atoms with van der Waals surface area (Å²) in [6.45, 7) is 1.60. The van der Waals surface area contributed by atoms with Crippen LogP contribution >= 0.6 is 10.7 Å². The van der Waals surface area contributed by atoms with Gasteiger partial charge in [0.2, 0.25) is 10.8 Å². The monoisotopic (exact) mass is 296 g/mol. The number of primary amides is 1. The number of aromatic nitrogens is 2. The molecule has 1 heterocycles. The van der Waals surface area contributed by atoms with Crippen LogP contribution < -0.4 is 5.73 Å². The number of nitrogens with two attached hydrogens (primary N) is 1. The molecule has 0 aromatic carbocycles. The first-order valence-corrected chi connectivity index (χ1v) is 6.97. The van der Waals surface area contributed by atoms with Crippen molar-refractivity contribution in [1.29, 1.82) is 0 Å². The van der Waals surface area contributed by atoms with Crippen LogP contribution in [0.15, 0.2) is 11.1 Å². The Bertz CT molecular complexity index is 595. The lowest BCUT2D eigenvalue weighted by Crippen LogP contribution is -2.26. The van der Waals surface area contributed by atoms with Crippen molar-refractivity contribution in [3.05, 3.63) is 16.3 Å². The van der Waals surface area contributed by atoms with Crippen molar-refractivity contribution in [2.45, 2.75) is 24.3 Å². The summed E-state index contributed by atoms with van der Waals surface area (Å²) in [5, 5.41) is 14.1. The summed E-state index contributed by atoms with van der Waals surface area (Å²) in [5.74, 6) is -1.72. The van der Waals surface area contributed by atoms with Crippen LogP contribution in [0.1, 0.15) is 19.4 Å². The Balaban J connectivity index is 3.44. The van der Waals surface area contributed by atoms with Crippen molar-refractivity contribution in [2.75, 3.05) is 0 Å². The van der Waals surface area contributed by atoms with Crippen LogP contribution in [0, 0.1) is 10.1 Å². The van der Waals surface area contributed by atoms with E-state index in [2.05, 4.69) is 5.10 Å². The summed E-state index contributed by atoms with van der Waals surface area (Å²) in [4.78, 5) is 20.0. The van der Waals surface area contributed by atoms with E-state index in [4.69, 9.17) is 16.4 Å². The minimum Gasteiger partial charge on any atom is -0.368 e. The summed E-state index contributed by atoms with van der Waals surface area (Å²) < 4.78 is 23.1. The van der Waals surface area contributed by atoms with E-state index in [1.54, 1.807) is 6.92 Å². The Labute approximate surface area is 106 Å². The molecule has 0 aliphatic carbocycles. The highest BCUT2D eigenvalue weighted by Crippen LogP contribution is 2.27. The number of halogens is 1. The predicted molar refractivity (Wildman–Crippen MR) is 60.4 cm³/mol. The molecule has 9 nitrogen and oxygen atoms in total. The fourth-order valence-corrected chi connectivity index (χ4v) is 2.24. The molecule has 100 valence electrons. The van der Waals surface area contributed by atoms with E-state index in [-0.39, 0.29) is 6.42 Å². The topological polar surface area (TPSA) is 138 Å². The molecule has 0 radical (unpaired) electrons. The van der Waals surface area contributed by atoms with Gasteiger partial charge in [-0.15, -0.1) is 0 Å². The maximum atomic E-state index is 11.1. The number of carbonyl (C=O) groups excluding carboxylic acids is 1. The molecule has 1 rings (SSSR count). The Hall–Kier alpha value is -1.68. The largest absolute Gasteiger partial charge is 0.410 e. The zero-order valence-electron chi connectivity index (χ0n) is 9.11. The van der Waals surface area contributed by atoms with Gasteiger partial charge in [-0.05, 0) is 11.3 Å². The number of hydrogen-bond donors (Lipinski definition) is 1. The first kappa shape index (κ1) is 14.4. The lowest BCUT2D eigenvalue weighted by molar-refractivity contribution is -0.392. The number of rotatable bonds is 5. The highest BCUT2D eigenvalue weighted by Gasteiger charge is 2.33. The fourth-order valence-electron chi connectivity index (χ4n) is 1.34. The number of nitrogens with zero attached hydrogens (tertiary/aromatic N) is 3. The van der Waals surface area contributed by atoms with Crippen molar-refractivity contribution >= 4 is 31.5 Å². The molecule has 11 heteroatoms. The molecule has 1 unspecified atom stereocenters. The van der Waals surface area contributed by atoms with Gasteiger partial charge in [0, 0.05) is 10.7 Å². The first-order valence-electron chi connectivity index (χ1n) is 4.66. The molecule has 0 aliphatic heterocycles. The summed E-state index contributed by atoms with van der Waals surface area (Å²) >= 11 is 0. The molecule has 0 spiro atoms. The second kappa shape index (κ2) is 4.90. The van der Waals surface area contributed by atoms with Crippen LogP contribution in [-0.4, -0.2) is 29.0 Å². The highest BCUT2D eigenvalue weighted by atomic mass is 35.7. The van der Waals surface area contributed by atoms with Crippen LogP contribution in [0.2, 0.25) is 0 Å². The van der Waals surface area contributed by atoms with Crippen LogP contribution in [0.25, 0.3) is 0 Å². The van der Waals surface area contributed by atoms with Crippen LogP contribution in [0.5, 0.6) is 0 Å². The molecule has 0 fully saturated rings. The van der Waals surface area contributed by atoms with Gasteiger partial charge in [-0.1, -0.05) is 6.92 Å². The third-order valence-corrected chi connectivity index (χ3v) is 3.46. The molecule has 0 aliphatic rings. The Kier molecular flexibility index (Phi) is 3.92. The van der Waals surface area contributed by atoms with Crippen molar-refractivity contribution < 1.29 is 18.1 Å². The maximum absolute atomic E-state index is 11.1. The SMILES string of the molecule is CCC(C(N)=O)n1cc(S(=O)(=O)Cl)c([N+](=O)[O-])n1. The summed E-state index contributed by atoms with van der Waals surface area (Å²) in [6, 6.07) is -0.976. The zero-order chi connectivity index (χ0) is 14.1. The van der Waals surface area contributed by atoms with Gasteiger partial charge in [-0.3, -0.25) is 4.79 Å². The predicted octanol–water partition coefficient (Wildman–Crippen LogP) is 0.155. The van der Waals surface area contributed by atoms with E-state index in [1.807, 2.05) is 0 Å². The molecule has 18 heavy (non-hydrogen) atoms. The molecule has 0 saturated carbocycles. The molecule has 1 amide bonds. The van der Waals surface area contributed by atoms with E-state index in [9.17, 15) is 23.3 Å². The zero-order valence-corrected chi connectivity index (χ0v) is 10.7. The molecule has 0 saturated heterocycles. The smallest absolute Gasteiger partial charge is 0.368 e. The van der Waals surface area contributed by atoms with Crippen molar-refractivity contribution in [1.82, 2.24) is 9.78 Å². The first-order chi connectivity index (χ1) is 8.18. The van der Waals surface area contributed by atoms with Crippen LogP contribution in [0.3, 0.4) is 0 Å². The van der Waals surface area contributed by atoms with Gasteiger partial charge in [0.25, 0.3) is 9.05 Å². The fraction of sp³-hybridized carbons (Fsp3) is 0.429. The van der Waals surface area contributed by atoms with E-state index >= 15 is 0 Å². The minimum absolute atomic E-state index is 0.204. The Morgan fingerprint density at radius 2 is 2.28 bits per heavy atom. The summed E-state index contributed by atoms with van der Waals surface area (Å²) in [6.07, 6.45) is 1.02. The number of hydrogen-bond acceptors (Lipinski definition) is 6. The van der Waals surface area contributed by atoms with Gasteiger partial charge >= 0.3 is 5.82 Å². The number of carbonyl (C=O) groups is 1. The molecular formula is C7H9ClN4O5S. The molecule has 1 atom stereocenters. The molecular weight excluding hydrogens is 288 g/mol. The van der Waals surface area contributed by atoms with Crippen molar-refractivity contribution in [3.8, 4) is 0 Å².